The lowest BCUT2D eigenvalue weighted by Gasteiger charge is -2.10. The summed E-state index contributed by atoms with van der Waals surface area (Å²) in [6, 6.07) is 4.25. The predicted octanol–water partition coefficient (Wildman–Crippen LogP) is 0.400. The van der Waals surface area contributed by atoms with E-state index >= 15 is 0 Å². The van der Waals surface area contributed by atoms with Crippen LogP contribution in [0.5, 0.6) is 5.75 Å². The molecule has 0 spiro atoms. The number of benzene rings is 1. The van der Waals surface area contributed by atoms with Gasteiger partial charge in [-0.3, -0.25) is 4.79 Å². The molecule has 1 amide bonds. The summed E-state index contributed by atoms with van der Waals surface area (Å²) in [4.78, 5) is 10.7. The molecule has 0 radical (unpaired) electrons. The van der Waals surface area contributed by atoms with Crippen molar-refractivity contribution in [2.24, 2.45) is 0 Å². The number of hydrogen-bond acceptors (Lipinski definition) is 5. The number of carbonyl (C=O) groups is 1. The number of nitrogens with one attached hydrogen (secondary N) is 1. The van der Waals surface area contributed by atoms with Crippen LogP contribution >= 0.6 is 0 Å². The lowest BCUT2D eigenvalue weighted by Crippen LogP contribution is -2.07. The zero-order valence-electron chi connectivity index (χ0n) is 7.85. The second kappa shape index (κ2) is 4.76. The zero-order chi connectivity index (χ0) is 11.4. The van der Waals surface area contributed by atoms with Gasteiger partial charge in [0.2, 0.25) is 5.91 Å². The van der Waals surface area contributed by atoms with Crippen molar-refractivity contribution in [1.82, 2.24) is 0 Å². The van der Waals surface area contributed by atoms with Gasteiger partial charge in [0.05, 0.1) is 5.69 Å². The van der Waals surface area contributed by atoms with E-state index in [2.05, 4.69) is 9.50 Å². The van der Waals surface area contributed by atoms with Gasteiger partial charge in [0, 0.05) is 12.6 Å². The topological polar surface area (TPSA) is 104 Å². The van der Waals surface area contributed by atoms with Gasteiger partial charge in [0.1, 0.15) is 11.4 Å². The first-order chi connectivity index (χ1) is 6.99. The summed E-state index contributed by atoms with van der Waals surface area (Å²) in [6.07, 6.45) is 0. The fourth-order valence-electron chi connectivity index (χ4n) is 0.979. The van der Waals surface area contributed by atoms with E-state index in [1.54, 1.807) is 0 Å². The first-order valence-corrected chi connectivity index (χ1v) is 4.93. The van der Waals surface area contributed by atoms with Crippen LogP contribution in [0.4, 0.5) is 11.4 Å². The molecule has 0 heterocycles. The molecule has 15 heavy (non-hydrogen) atoms. The molecule has 1 unspecified atom stereocenters. The Labute approximate surface area is 88.9 Å². The Morgan fingerprint density at radius 2 is 2.27 bits per heavy atom. The van der Waals surface area contributed by atoms with Crippen molar-refractivity contribution in [2.45, 2.75) is 6.92 Å². The van der Waals surface area contributed by atoms with Crippen LogP contribution < -0.4 is 15.2 Å². The van der Waals surface area contributed by atoms with E-state index in [1.165, 1.54) is 25.1 Å². The second-order valence-corrected chi connectivity index (χ2v) is 3.30. The molecule has 0 saturated carbocycles. The molecular formula is C8H9N2O4S-. The Kier molecular flexibility index (Phi) is 3.64. The van der Waals surface area contributed by atoms with E-state index in [-0.39, 0.29) is 17.3 Å². The molecule has 1 atom stereocenters. The molecule has 0 aliphatic carbocycles. The third kappa shape index (κ3) is 3.56. The minimum Gasteiger partial charge on any atom is -0.740 e. The van der Waals surface area contributed by atoms with Crippen LogP contribution in [-0.2, 0) is 16.2 Å². The SMILES string of the molecule is CC(=O)Nc1ccc(OS(=O)[O-])c(N)c1. The number of amides is 1. The first kappa shape index (κ1) is 11.5. The monoisotopic (exact) mass is 229 g/mol. The summed E-state index contributed by atoms with van der Waals surface area (Å²) < 4.78 is 24.9. The molecule has 0 aromatic heterocycles. The Morgan fingerprint density at radius 1 is 1.60 bits per heavy atom. The van der Waals surface area contributed by atoms with Crippen molar-refractivity contribution < 1.29 is 17.7 Å². The smallest absolute Gasteiger partial charge is 0.221 e. The highest BCUT2D eigenvalue weighted by Crippen LogP contribution is 2.25. The van der Waals surface area contributed by atoms with E-state index in [0.717, 1.165) is 0 Å². The van der Waals surface area contributed by atoms with E-state index in [9.17, 15) is 13.6 Å². The molecule has 0 aliphatic rings. The van der Waals surface area contributed by atoms with Gasteiger partial charge in [-0.2, -0.15) is 0 Å². The number of carbonyl (C=O) groups excluding carboxylic acids is 1. The molecule has 0 bridgehead atoms. The maximum Gasteiger partial charge on any atom is 0.221 e. The zero-order valence-corrected chi connectivity index (χ0v) is 8.67. The van der Waals surface area contributed by atoms with Crippen LogP contribution in [-0.4, -0.2) is 14.7 Å². The Hall–Kier alpha value is -1.60. The fraction of sp³-hybridized carbons (Fsp3) is 0.125. The Balaban J connectivity index is 2.87. The molecule has 1 aromatic carbocycles. The average molecular weight is 229 g/mol. The number of nitrogens with two attached hydrogens (primary N) is 1. The van der Waals surface area contributed by atoms with Crippen LogP contribution in [0, 0.1) is 0 Å². The predicted molar refractivity (Wildman–Crippen MR) is 54.7 cm³/mol. The normalized spacial score (nSPS) is 11.9. The highest BCUT2D eigenvalue weighted by Gasteiger charge is 2.03. The standard InChI is InChI=1S/C8H10N2O4S/c1-5(11)10-6-2-3-8(7(9)4-6)14-15(12)13/h2-4H,9H2,1H3,(H,10,11)(H,12,13)/p-1. The third-order valence-corrected chi connectivity index (χ3v) is 1.80. The maximum absolute atomic E-state index is 10.7. The minimum absolute atomic E-state index is 0.0254. The molecule has 1 aromatic rings. The summed E-state index contributed by atoms with van der Waals surface area (Å²) in [5.41, 5.74) is 6.10. The molecule has 82 valence electrons. The highest BCUT2D eigenvalue weighted by molar-refractivity contribution is 7.74. The van der Waals surface area contributed by atoms with Crippen LogP contribution in [0.2, 0.25) is 0 Å². The van der Waals surface area contributed by atoms with Crippen LogP contribution in [0.1, 0.15) is 6.92 Å². The van der Waals surface area contributed by atoms with E-state index < -0.39 is 11.4 Å². The molecule has 6 nitrogen and oxygen atoms in total. The summed E-state index contributed by atoms with van der Waals surface area (Å²) in [6.45, 7) is 1.35. The fourth-order valence-corrected chi connectivity index (χ4v) is 1.28. The van der Waals surface area contributed by atoms with Gasteiger partial charge in [-0.05, 0) is 18.2 Å². The number of rotatable bonds is 3. The van der Waals surface area contributed by atoms with Crippen molar-refractivity contribution in [3.05, 3.63) is 18.2 Å². The molecule has 0 aliphatic heterocycles. The Morgan fingerprint density at radius 3 is 2.73 bits per heavy atom. The van der Waals surface area contributed by atoms with Crippen molar-refractivity contribution in [3.8, 4) is 5.75 Å². The van der Waals surface area contributed by atoms with Crippen LogP contribution in [0.15, 0.2) is 18.2 Å². The summed E-state index contributed by atoms with van der Waals surface area (Å²) in [5, 5.41) is 2.50. The Bertz CT molecular complexity index is 408. The van der Waals surface area contributed by atoms with Crippen molar-refractivity contribution in [2.75, 3.05) is 11.1 Å². The maximum atomic E-state index is 10.7. The van der Waals surface area contributed by atoms with E-state index in [0.29, 0.717) is 5.69 Å². The molecule has 0 saturated heterocycles. The quantitative estimate of drug-likeness (QED) is 0.576. The molecule has 3 N–H and O–H groups in total. The van der Waals surface area contributed by atoms with Gasteiger partial charge < -0.3 is 19.8 Å². The van der Waals surface area contributed by atoms with E-state index in [1.807, 2.05) is 0 Å². The molecular weight excluding hydrogens is 220 g/mol. The van der Waals surface area contributed by atoms with Crippen molar-refractivity contribution in [3.63, 3.8) is 0 Å². The van der Waals surface area contributed by atoms with Gasteiger partial charge in [0.15, 0.2) is 5.75 Å². The van der Waals surface area contributed by atoms with Gasteiger partial charge in [-0.15, -0.1) is 0 Å². The average Bonchev–Trinajstić information content (AvgIpc) is 2.08. The first-order valence-electron chi connectivity index (χ1n) is 3.93. The van der Waals surface area contributed by atoms with Crippen LogP contribution in [0.3, 0.4) is 0 Å². The highest BCUT2D eigenvalue weighted by atomic mass is 32.2. The number of anilines is 2. The lowest BCUT2D eigenvalue weighted by atomic mass is 10.2. The van der Waals surface area contributed by atoms with Gasteiger partial charge in [-0.25, -0.2) is 4.21 Å². The molecule has 1 rings (SSSR count). The molecule has 0 fully saturated rings. The molecule has 7 heteroatoms. The van der Waals surface area contributed by atoms with Gasteiger partial charge in [0.25, 0.3) is 0 Å². The summed E-state index contributed by atoms with van der Waals surface area (Å²) in [5.74, 6) is -0.215. The minimum atomic E-state index is -2.66. The largest absolute Gasteiger partial charge is 0.740 e. The summed E-state index contributed by atoms with van der Waals surface area (Å²) >= 11 is -2.66. The number of nitrogen functional groups attached to an aromatic ring is 1. The summed E-state index contributed by atoms with van der Waals surface area (Å²) in [7, 11) is 0. The van der Waals surface area contributed by atoms with Gasteiger partial charge >= 0.3 is 0 Å². The van der Waals surface area contributed by atoms with Crippen LogP contribution in [0.25, 0.3) is 0 Å². The van der Waals surface area contributed by atoms with Gasteiger partial charge in [-0.1, -0.05) is 0 Å². The number of hydrogen-bond donors (Lipinski definition) is 2. The van der Waals surface area contributed by atoms with Crippen molar-refractivity contribution in [1.29, 1.82) is 0 Å². The second-order valence-electron chi connectivity index (χ2n) is 2.72. The van der Waals surface area contributed by atoms with E-state index in [4.69, 9.17) is 5.73 Å². The third-order valence-electron chi connectivity index (χ3n) is 1.49. The lowest BCUT2D eigenvalue weighted by molar-refractivity contribution is -0.114. The van der Waals surface area contributed by atoms with Crippen molar-refractivity contribution >= 4 is 28.6 Å².